The minimum atomic E-state index is -0.462. The van der Waals surface area contributed by atoms with Crippen molar-refractivity contribution in [2.45, 2.75) is 0 Å². The predicted octanol–water partition coefficient (Wildman–Crippen LogP) is 2.41. The van der Waals surface area contributed by atoms with Crippen LogP contribution in [0.2, 0.25) is 5.28 Å². The molecule has 0 aliphatic carbocycles. The summed E-state index contributed by atoms with van der Waals surface area (Å²) in [6.07, 6.45) is 5.24. The van der Waals surface area contributed by atoms with Gasteiger partial charge in [0.2, 0.25) is 11.2 Å². The van der Waals surface area contributed by atoms with E-state index in [9.17, 15) is 4.79 Å². The van der Waals surface area contributed by atoms with Crippen LogP contribution in [0.25, 0.3) is 11.2 Å². The molecule has 3 heterocycles. The summed E-state index contributed by atoms with van der Waals surface area (Å²) in [6, 6.07) is 10.6. The molecule has 3 aromatic heterocycles. The lowest BCUT2D eigenvalue weighted by Gasteiger charge is -2.05. The third-order valence-corrected chi connectivity index (χ3v) is 3.80. The van der Waals surface area contributed by atoms with Gasteiger partial charge in [0.25, 0.3) is 0 Å². The van der Waals surface area contributed by atoms with Crippen LogP contribution in [0.4, 0.5) is 11.6 Å². The second-order valence-corrected chi connectivity index (χ2v) is 5.61. The maximum absolute atomic E-state index is 11.1. The van der Waals surface area contributed by atoms with Gasteiger partial charge in [0.1, 0.15) is 17.7 Å². The molecule has 0 spiro atoms. The van der Waals surface area contributed by atoms with E-state index in [0.717, 1.165) is 11.2 Å². The molecule has 0 aliphatic heterocycles. The van der Waals surface area contributed by atoms with Crippen LogP contribution >= 0.6 is 11.6 Å². The number of nitrogens with one attached hydrogen (secondary N) is 1. The van der Waals surface area contributed by atoms with E-state index in [1.165, 1.54) is 0 Å². The molecule has 8 nitrogen and oxygen atoms in total. The number of hydrogen-bond donors (Lipinski definition) is 2. The highest BCUT2D eigenvalue weighted by Gasteiger charge is 2.09. The van der Waals surface area contributed by atoms with Gasteiger partial charge in [-0.15, -0.1) is 5.10 Å². The molecule has 9 heteroatoms. The Morgan fingerprint density at radius 1 is 1.20 bits per heavy atom. The van der Waals surface area contributed by atoms with E-state index >= 15 is 0 Å². The number of imidazole rings is 1. The summed E-state index contributed by atoms with van der Waals surface area (Å²) in [6.45, 7) is 0. The van der Waals surface area contributed by atoms with Crippen molar-refractivity contribution in [1.82, 2.24) is 24.1 Å². The molecule has 1 amide bonds. The van der Waals surface area contributed by atoms with E-state index in [1.54, 1.807) is 47.5 Å². The Bertz CT molecular complexity index is 1070. The zero-order valence-electron chi connectivity index (χ0n) is 12.8. The Morgan fingerprint density at radius 2 is 2.00 bits per heavy atom. The van der Waals surface area contributed by atoms with Crippen LogP contribution in [0.15, 0.2) is 55.1 Å². The highest BCUT2D eigenvalue weighted by Crippen LogP contribution is 2.21. The smallest absolute Gasteiger partial charge is 0.248 e. The number of halogens is 1. The van der Waals surface area contributed by atoms with Crippen molar-refractivity contribution in [1.29, 1.82) is 0 Å². The molecule has 0 unspecified atom stereocenters. The van der Waals surface area contributed by atoms with Crippen molar-refractivity contribution in [3.05, 3.63) is 66.0 Å². The molecule has 1 aromatic carbocycles. The Labute approximate surface area is 146 Å². The zero-order chi connectivity index (χ0) is 17.4. The lowest BCUT2D eigenvalue weighted by Crippen LogP contribution is -2.10. The maximum atomic E-state index is 11.1. The maximum Gasteiger partial charge on any atom is 0.248 e. The van der Waals surface area contributed by atoms with Gasteiger partial charge in [-0.3, -0.25) is 4.79 Å². The Balaban J connectivity index is 1.62. The molecule has 4 aromatic rings. The van der Waals surface area contributed by atoms with Gasteiger partial charge < -0.3 is 15.6 Å². The van der Waals surface area contributed by atoms with Crippen LogP contribution in [0.1, 0.15) is 10.4 Å². The van der Waals surface area contributed by atoms with Crippen LogP contribution in [-0.2, 0) is 0 Å². The quantitative estimate of drug-likeness (QED) is 0.586. The largest absolute Gasteiger partial charge is 0.366 e. The Kier molecular flexibility index (Phi) is 3.58. The molecule has 124 valence electrons. The first kappa shape index (κ1) is 15.2. The highest BCUT2D eigenvalue weighted by molar-refractivity contribution is 6.28. The van der Waals surface area contributed by atoms with Crippen LogP contribution < -0.4 is 11.1 Å². The predicted molar refractivity (Wildman–Crippen MR) is 93.4 cm³/mol. The molecule has 0 aliphatic rings. The first-order chi connectivity index (χ1) is 12.1. The number of carbonyl (C=O) groups is 1. The molecule has 25 heavy (non-hydrogen) atoms. The van der Waals surface area contributed by atoms with Gasteiger partial charge in [0.15, 0.2) is 5.82 Å². The SMILES string of the molecule is NC(=O)c1ccc(-n2cnc(Nc3nc(Cl)nn4cccc34)c2)cc1. The summed E-state index contributed by atoms with van der Waals surface area (Å²) in [5, 5.41) is 7.34. The van der Waals surface area contributed by atoms with E-state index in [0.29, 0.717) is 17.2 Å². The third-order valence-electron chi connectivity index (χ3n) is 3.64. The molecule has 0 fully saturated rings. The van der Waals surface area contributed by atoms with E-state index in [2.05, 4.69) is 20.4 Å². The topological polar surface area (TPSA) is 103 Å². The Morgan fingerprint density at radius 3 is 2.76 bits per heavy atom. The molecule has 0 saturated carbocycles. The van der Waals surface area contributed by atoms with Crippen molar-refractivity contribution >= 4 is 34.7 Å². The first-order valence-corrected chi connectivity index (χ1v) is 7.70. The number of nitrogens with two attached hydrogens (primary N) is 1. The average molecular weight is 354 g/mol. The minimum Gasteiger partial charge on any atom is -0.366 e. The van der Waals surface area contributed by atoms with Crippen molar-refractivity contribution < 1.29 is 4.79 Å². The van der Waals surface area contributed by atoms with E-state index in [-0.39, 0.29) is 5.28 Å². The van der Waals surface area contributed by atoms with E-state index in [1.807, 2.05) is 16.7 Å². The number of benzene rings is 1. The lowest BCUT2D eigenvalue weighted by molar-refractivity contribution is 0.100. The standard InChI is InChI=1S/C16H12ClN7O/c17-16-21-15(12-2-1-7-24(12)22-16)20-13-8-23(9-19-13)11-5-3-10(4-6-11)14(18)25/h1-9H,(H2,18,25)(H,20,21,22). The number of fused-ring (bicyclic) bond motifs is 1. The van der Waals surface area contributed by atoms with Crippen LogP contribution in [0.3, 0.4) is 0 Å². The molecular weight excluding hydrogens is 342 g/mol. The van der Waals surface area contributed by atoms with Gasteiger partial charge in [-0.05, 0) is 48.0 Å². The van der Waals surface area contributed by atoms with Gasteiger partial charge in [-0.2, -0.15) is 4.98 Å². The summed E-state index contributed by atoms with van der Waals surface area (Å²) in [5.74, 6) is 0.688. The summed E-state index contributed by atoms with van der Waals surface area (Å²) < 4.78 is 3.45. The highest BCUT2D eigenvalue weighted by atomic mass is 35.5. The van der Waals surface area contributed by atoms with Crippen LogP contribution in [-0.4, -0.2) is 30.1 Å². The van der Waals surface area contributed by atoms with Gasteiger partial charge in [-0.1, -0.05) is 0 Å². The summed E-state index contributed by atoms with van der Waals surface area (Å²) in [4.78, 5) is 19.7. The number of rotatable bonds is 4. The molecule has 0 saturated heterocycles. The van der Waals surface area contributed by atoms with Gasteiger partial charge in [0, 0.05) is 17.4 Å². The van der Waals surface area contributed by atoms with Crippen molar-refractivity contribution in [3.8, 4) is 5.69 Å². The van der Waals surface area contributed by atoms with E-state index in [4.69, 9.17) is 17.3 Å². The van der Waals surface area contributed by atoms with Gasteiger partial charge >= 0.3 is 0 Å². The molecule has 0 atom stereocenters. The van der Waals surface area contributed by atoms with Gasteiger partial charge in [-0.25, -0.2) is 9.50 Å². The molecule has 0 bridgehead atoms. The lowest BCUT2D eigenvalue weighted by atomic mass is 10.2. The summed E-state index contributed by atoms with van der Waals surface area (Å²) in [5.41, 5.74) is 7.33. The molecular formula is C16H12ClN7O. The fraction of sp³-hybridized carbons (Fsp3) is 0. The van der Waals surface area contributed by atoms with E-state index < -0.39 is 5.91 Å². The van der Waals surface area contributed by atoms with Crippen molar-refractivity contribution in [2.75, 3.05) is 5.32 Å². The number of primary amides is 1. The third kappa shape index (κ3) is 2.90. The molecule has 4 rings (SSSR count). The van der Waals surface area contributed by atoms with Gasteiger partial charge in [0.05, 0.1) is 6.20 Å². The molecule has 0 radical (unpaired) electrons. The van der Waals surface area contributed by atoms with Crippen molar-refractivity contribution in [3.63, 3.8) is 0 Å². The zero-order valence-corrected chi connectivity index (χ0v) is 13.6. The number of nitrogens with zero attached hydrogens (tertiary/aromatic N) is 5. The van der Waals surface area contributed by atoms with Crippen LogP contribution in [0, 0.1) is 0 Å². The minimum absolute atomic E-state index is 0.132. The molecule has 3 N–H and O–H groups in total. The number of amides is 1. The summed E-state index contributed by atoms with van der Waals surface area (Å²) >= 11 is 5.94. The summed E-state index contributed by atoms with van der Waals surface area (Å²) in [7, 11) is 0. The Hall–Kier alpha value is -3.39. The number of carbonyl (C=O) groups excluding carboxylic acids is 1. The first-order valence-electron chi connectivity index (χ1n) is 7.32. The number of aromatic nitrogens is 5. The second kappa shape index (κ2) is 5.91. The number of hydrogen-bond acceptors (Lipinski definition) is 5. The number of anilines is 2. The van der Waals surface area contributed by atoms with Crippen molar-refractivity contribution in [2.24, 2.45) is 5.73 Å². The fourth-order valence-corrected chi connectivity index (χ4v) is 2.61. The van der Waals surface area contributed by atoms with Crippen LogP contribution in [0.5, 0.6) is 0 Å². The monoisotopic (exact) mass is 353 g/mol. The second-order valence-electron chi connectivity index (χ2n) is 5.27. The fourth-order valence-electron chi connectivity index (χ4n) is 2.45. The average Bonchev–Trinajstić information content (AvgIpc) is 3.24. The normalized spacial score (nSPS) is 10.9.